The number of amides is 2. The van der Waals surface area contributed by atoms with Crippen LogP contribution in [0.1, 0.15) is 35.6 Å². The van der Waals surface area contributed by atoms with Gasteiger partial charge in [0.2, 0.25) is 0 Å². The summed E-state index contributed by atoms with van der Waals surface area (Å²) in [6, 6.07) is 23.1. The molecule has 50 heavy (non-hydrogen) atoms. The number of carbonyl (C=O) groups excluding carboxylic acids is 2. The topological polar surface area (TPSA) is 86.3 Å². The summed E-state index contributed by atoms with van der Waals surface area (Å²) in [6.07, 6.45) is 0.742. The lowest BCUT2D eigenvalue weighted by molar-refractivity contribution is -0.126. The number of hydrogen-bond acceptors (Lipinski definition) is 6. The van der Waals surface area contributed by atoms with E-state index < -0.39 is 0 Å². The monoisotopic (exact) mass is 678 g/mol. The molecule has 0 aromatic heterocycles. The van der Waals surface area contributed by atoms with Crippen molar-refractivity contribution < 1.29 is 37.3 Å². The molecule has 10 heteroatoms. The zero-order valence-corrected chi connectivity index (χ0v) is 27.8. The summed E-state index contributed by atoms with van der Waals surface area (Å²) in [5, 5.41) is 2.85. The minimum Gasteiger partial charge on any atom is -0.497 e. The van der Waals surface area contributed by atoms with Gasteiger partial charge in [-0.15, -0.1) is 0 Å². The second-order valence-electron chi connectivity index (χ2n) is 12.4. The van der Waals surface area contributed by atoms with Crippen LogP contribution in [0.5, 0.6) is 23.0 Å². The summed E-state index contributed by atoms with van der Waals surface area (Å²) in [4.78, 5) is 28.9. The standard InChI is InChI=1S/C40H36F2N2O6/c1-3-43-39(45)33-22-49-36-15-13-30(19-32(36)37(33)25-4-8-27(41)9-5-25)48-21-24-16-17-44(20-24)40(46)34-23-50-35-14-12-29(47-2)18-31(35)38(34)26-6-10-28(42)11-7-26/h4-15,18-19,24H,3,16-17,20-23H2,1-2H3,(H,43,45). The Bertz CT molecular complexity index is 2010. The van der Waals surface area contributed by atoms with Crippen LogP contribution in [-0.4, -0.2) is 63.3 Å². The van der Waals surface area contributed by atoms with Crippen LogP contribution in [0.3, 0.4) is 0 Å². The summed E-state index contributed by atoms with van der Waals surface area (Å²) in [5.74, 6) is 1.37. The summed E-state index contributed by atoms with van der Waals surface area (Å²) in [6.45, 7) is 3.86. The number of methoxy groups -OCH3 is 1. The van der Waals surface area contributed by atoms with Gasteiger partial charge in [-0.2, -0.15) is 0 Å². The zero-order chi connectivity index (χ0) is 34.8. The van der Waals surface area contributed by atoms with Gasteiger partial charge in [0.25, 0.3) is 11.8 Å². The fraction of sp³-hybridized carbons (Fsp3) is 0.250. The maximum absolute atomic E-state index is 14.1. The molecule has 0 saturated carbocycles. The van der Waals surface area contributed by atoms with Crippen molar-refractivity contribution in [3.8, 4) is 23.0 Å². The molecule has 4 aromatic rings. The van der Waals surface area contributed by atoms with Crippen LogP contribution in [0.25, 0.3) is 11.1 Å². The van der Waals surface area contributed by atoms with Crippen molar-refractivity contribution >= 4 is 23.0 Å². The quantitative estimate of drug-likeness (QED) is 0.220. The second kappa shape index (κ2) is 14.1. The van der Waals surface area contributed by atoms with Gasteiger partial charge in [0.1, 0.15) is 47.8 Å². The molecule has 0 bridgehead atoms. The molecule has 8 nitrogen and oxygen atoms in total. The Morgan fingerprint density at radius 3 is 1.96 bits per heavy atom. The highest BCUT2D eigenvalue weighted by atomic mass is 19.1. The molecule has 1 fully saturated rings. The van der Waals surface area contributed by atoms with E-state index in [2.05, 4.69) is 5.32 Å². The number of likely N-dealkylation sites (tertiary alicyclic amines) is 1. The van der Waals surface area contributed by atoms with E-state index in [-0.39, 0.29) is 42.6 Å². The fourth-order valence-electron chi connectivity index (χ4n) is 6.71. The van der Waals surface area contributed by atoms with Gasteiger partial charge in [-0.1, -0.05) is 24.3 Å². The molecule has 3 aliphatic heterocycles. The number of hydrogen-bond donors (Lipinski definition) is 1. The van der Waals surface area contributed by atoms with Gasteiger partial charge in [-0.05, 0) is 85.1 Å². The number of rotatable bonds is 9. The Hall–Kier alpha value is -5.64. The number of ether oxygens (including phenoxy) is 4. The molecular formula is C40H36F2N2O6. The van der Waals surface area contributed by atoms with Crippen molar-refractivity contribution in [2.24, 2.45) is 5.92 Å². The lowest BCUT2D eigenvalue weighted by atomic mass is 9.90. The number of nitrogens with zero attached hydrogens (tertiary/aromatic N) is 1. The van der Waals surface area contributed by atoms with Crippen molar-refractivity contribution in [2.45, 2.75) is 13.3 Å². The van der Waals surface area contributed by atoms with Crippen molar-refractivity contribution in [3.63, 3.8) is 0 Å². The van der Waals surface area contributed by atoms with Crippen LogP contribution in [0.15, 0.2) is 96.1 Å². The maximum Gasteiger partial charge on any atom is 0.253 e. The van der Waals surface area contributed by atoms with Gasteiger partial charge in [0.15, 0.2) is 0 Å². The maximum atomic E-state index is 14.1. The SMILES string of the molecule is CCNC(=O)C1=C(c2ccc(F)cc2)c2cc(OCC3CCN(C(=O)C4=C(c5ccc(F)cc5)c5cc(OC)ccc5OC4)C3)ccc2OC1. The molecule has 1 saturated heterocycles. The largest absolute Gasteiger partial charge is 0.497 e. The Labute approximate surface area is 288 Å². The van der Waals surface area contributed by atoms with Crippen LogP contribution < -0.4 is 24.3 Å². The van der Waals surface area contributed by atoms with E-state index in [4.69, 9.17) is 18.9 Å². The summed E-state index contributed by atoms with van der Waals surface area (Å²) >= 11 is 0. The summed E-state index contributed by atoms with van der Waals surface area (Å²) in [7, 11) is 1.58. The molecular weight excluding hydrogens is 642 g/mol. The normalized spacial score (nSPS) is 16.6. The molecule has 3 heterocycles. The number of likely N-dealkylation sites (N-methyl/N-ethyl adjacent to an activating group) is 1. The van der Waals surface area contributed by atoms with E-state index in [1.165, 1.54) is 24.3 Å². The van der Waals surface area contributed by atoms with E-state index >= 15 is 0 Å². The third kappa shape index (κ3) is 6.53. The molecule has 4 aromatic carbocycles. The molecule has 0 aliphatic carbocycles. The minimum atomic E-state index is -0.369. The first kappa shape index (κ1) is 32.9. The van der Waals surface area contributed by atoms with Gasteiger partial charge in [0, 0.05) is 47.8 Å². The van der Waals surface area contributed by atoms with E-state index in [9.17, 15) is 18.4 Å². The lowest BCUT2D eigenvalue weighted by Crippen LogP contribution is -2.34. The Morgan fingerprint density at radius 2 is 1.36 bits per heavy atom. The van der Waals surface area contributed by atoms with E-state index in [1.54, 1.807) is 37.4 Å². The first-order valence-corrected chi connectivity index (χ1v) is 16.6. The second-order valence-corrected chi connectivity index (χ2v) is 12.4. The highest BCUT2D eigenvalue weighted by Crippen LogP contribution is 2.42. The van der Waals surface area contributed by atoms with Crippen molar-refractivity contribution in [1.82, 2.24) is 10.2 Å². The molecule has 1 unspecified atom stereocenters. The van der Waals surface area contributed by atoms with Crippen LogP contribution in [-0.2, 0) is 9.59 Å². The van der Waals surface area contributed by atoms with Crippen molar-refractivity contribution in [2.75, 3.05) is 46.6 Å². The highest BCUT2D eigenvalue weighted by molar-refractivity contribution is 6.07. The third-order valence-electron chi connectivity index (χ3n) is 9.22. The molecule has 3 aliphatic rings. The highest BCUT2D eigenvalue weighted by Gasteiger charge is 2.34. The predicted octanol–water partition coefficient (Wildman–Crippen LogP) is 6.43. The molecule has 1 atom stereocenters. The first-order valence-electron chi connectivity index (χ1n) is 16.6. The number of nitrogens with one attached hydrogen (secondary N) is 1. The van der Waals surface area contributed by atoms with E-state index in [0.29, 0.717) is 93.8 Å². The van der Waals surface area contributed by atoms with Gasteiger partial charge in [-0.25, -0.2) is 8.78 Å². The summed E-state index contributed by atoms with van der Waals surface area (Å²) in [5.41, 5.74) is 5.12. The number of benzene rings is 4. The third-order valence-corrected chi connectivity index (χ3v) is 9.22. The molecule has 2 amide bonds. The van der Waals surface area contributed by atoms with Gasteiger partial charge >= 0.3 is 0 Å². The average molecular weight is 679 g/mol. The zero-order valence-electron chi connectivity index (χ0n) is 27.8. The molecule has 0 spiro atoms. The molecule has 256 valence electrons. The van der Waals surface area contributed by atoms with Crippen LogP contribution >= 0.6 is 0 Å². The summed E-state index contributed by atoms with van der Waals surface area (Å²) < 4.78 is 51.5. The van der Waals surface area contributed by atoms with Crippen LogP contribution in [0, 0.1) is 17.6 Å². The predicted molar refractivity (Wildman–Crippen MR) is 184 cm³/mol. The van der Waals surface area contributed by atoms with Gasteiger partial charge < -0.3 is 29.2 Å². The van der Waals surface area contributed by atoms with Gasteiger partial charge in [-0.3, -0.25) is 9.59 Å². The molecule has 7 rings (SSSR count). The lowest BCUT2D eigenvalue weighted by Gasteiger charge is -2.27. The average Bonchev–Trinajstić information content (AvgIpc) is 3.62. The molecule has 1 N–H and O–H groups in total. The Balaban J connectivity index is 1.11. The molecule has 0 radical (unpaired) electrons. The van der Waals surface area contributed by atoms with Crippen molar-refractivity contribution in [3.05, 3.63) is 130 Å². The number of carbonyl (C=O) groups is 2. The minimum absolute atomic E-state index is 0.0657. The van der Waals surface area contributed by atoms with Gasteiger partial charge in [0.05, 0.1) is 24.9 Å². The van der Waals surface area contributed by atoms with Crippen molar-refractivity contribution in [1.29, 1.82) is 0 Å². The Morgan fingerprint density at radius 1 is 0.800 bits per heavy atom. The van der Waals surface area contributed by atoms with Crippen LogP contribution in [0.2, 0.25) is 0 Å². The number of fused-ring (bicyclic) bond motifs is 2. The van der Waals surface area contributed by atoms with E-state index in [0.717, 1.165) is 6.42 Å². The fourth-order valence-corrected chi connectivity index (χ4v) is 6.71. The first-order chi connectivity index (χ1) is 24.3. The smallest absolute Gasteiger partial charge is 0.253 e. The number of halogens is 2. The van der Waals surface area contributed by atoms with E-state index in [1.807, 2.05) is 42.2 Å². The van der Waals surface area contributed by atoms with Crippen LogP contribution in [0.4, 0.5) is 8.78 Å². The Kier molecular flexibility index (Phi) is 9.25.